The van der Waals surface area contributed by atoms with Crippen LogP contribution in [-0.4, -0.2) is 17.5 Å². The van der Waals surface area contributed by atoms with E-state index in [4.69, 9.17) is 16.3 Å². The summed E-state index contributed by atoms with van der Waals surface area (Å²) < 4.78 is 5.17. The minimum atomic E-state index is 0. The molecule has 0 fully saturated rings. The largest absolute Gasteiger partial charge is 0.374 e. The maximum atomic E-state index is 5.42. The van der Waals surface area contributed by atoms with Crippen molar-refractivity contribution in [1.82, 2.24) is 4.98 Å². The van der Waals surface area contributed by atoms with Crippen molar-refractivity contribution in [3.8, 4) is 0 Å². The number of hydrogen-bond acceptors (Lipinski definition) is 2. The summed E-state index contributed by atoms with van der Waals surface area (Å²) in [6.45, 7) is 1.13. The van der Waals surface area contributed by atoms with Crippen LogP contribution in [0.1, 0.15) is 5.69 Å². The zero-order valence-electron chi connectivity index (χ0n) is 6.57. The van der Waals surface area contributed by atoms with Crippen LogP contribution in [0.3, 0.4) is 0 Å². The maximum absolute atomic E-state index is 5.42. The average molecular weight is 208 g/mol. The first kappa shape index (κ1) is 11.7. The Bertz CT molecular complexity index is 194. The third-order valence-corrected chi connectivity index (χ3v) is 1.35. The number of halogens is 2. The number of aromatic nitrogens is 1. The van der Waals surface area contributed by atoms with Gasteiger partial charge in [0, 0.05) is 12.1 Å². The van der Waals surface area contributed by atoms with Gasteiger partial charge in [0.1, 0.15) is 0 Å². The van der Waals surface area contributed by atoms with Crippen molar-refractivity contribution in [1.29, 1.82) is 0 Å². The minimum absolute atomic E-state index is 0. The van der Waals surface area contributed by atoms with E-state index in [9.17, 15) is 0 Å². The van der Waals surface area contributed by atoms with E-state index in [-0.39, 0.29) is 12.4 Å². The highest BCUT2D eigenvalue weighted by Gasteiger charge is 1.90. The van der Waals surface area contributed by atoms with E-state index in [1.165, 1.54) is 0 Å². The molecule has 0 spiro atoms. The predicted octanol–water partition coefficient (Wildman–Crippen LogP) is 2.26. The van der Waals surface area contributed by atoms with Crippen molar-refractivity contribution in [3.05, 3.63) is 30.1 Å². The van der Waals surface area contributed by atoms with Crippen molar-refractivity contribution in [2.75, 3.05) is 12.5 Å². The first-order valence-corrected chi connectivity index (χ1v) is 4.00. The molecule has 1 rings (SSSR count). The number of nitrogens with zero attached hydrogens (tertiary/aromatic N) is 1. The van der Waals surface area contributed by atoms with Gasteiger partial charge in [-0.05, 0) is 12.1 Å². The molecule has 0 saturated heterocycles. The van der Waals surface area contributed by atoms with Crippen LogP contribution in [0.25, 0.3) is 0 Å². The maximum Gasteiger partial charge on any atom is 0.0888 e. The van der Waals surface area contributed by atoms with E-state index < -0.39 is 0 Å². The molecule has 2 nitrogen and oxygen atoms in total. The second kappa shape index (κ2) is 7.35. The molecule has 1 aromatic rings. The second-order valence-electron chi connectivity index (χ2n) is 2.06. The molecule has 0 amide bonds. The van der Waals surface area contributed by atoms with Gasteiger partial charge in [-0.1, -0.05) is 6.07 Å². The van der Waals surface area contributed by atoms with Gasteiger partial charge in [-0.15, -0.1) is 24.0 Å². The van der Waals surface area contributed by atoms with Gasteiger partial charge >= 0.3 is 0 Å². The van der Waals surface area contributed by atoms with E-state index in [1.807, 2.05) is 18.2 Å². The van der Waals surface area contributed by atoms with Crippen molar-refractivity contribution in [2.24, 2.45) is 0 Å². The molecule has 68 valence electrons. The van der Waals surface area contributed by atoms with Crippen LogP contribution in [0.2, 0.25) is 0 Å². The quantitative estimate of drug-likeness (QED) is 0.559. The van der Waals surface area contributed by atoms with Gasteiger partial charge in [0.05, 0.1) is 18.9 Å². The van der Waals surface area contributed by atoms with E-state index >= 15 is 0 Å². The molecule has 0 aliphatic rings. The summed E-state index contributed by atoms with van der Waals surface area (Å²) in [5.41, 5.74) is 0.942. The summed E-state index contributed by atoms with van der Waals surface area (Å²) in [4.78, 5) is 4.08. The molecule has 0 aromatic carbocycles. The van der Waals surface area contributed by atoms with Crippen LogP contribution < -0.4 is 0 Å². The third-order valence-electron chi connectivity index (χ3n) is 1.20. The number of pyridine rings is 1. The lowest BCUT2D eigenvalue weighted by atomic mass is 10.4. The molecule has 0 saturated carbocycles. The Morgan fingerprint density at radius 1 is 1.42 bits per heavy atom. The molecular weight excluding hydrogens is 197 g/mol. The number of ether oxygens (including phenoxy) is 1. The summed E-state index contributed by atoms with van der Waals surface area (Å²) >= 11 is 5.42. The summed E-state index contributed by atoms with van der Waals surface area (Å²) in [6, 6.07) is 5.74. The molecule has 0 unspecified atom stereocenters. The Labute approximate surface area is 83.3 Å². The van der Waals surface area contributed by atoms with Crippen LogP contribution in [0.15, 0.2) is 24.4 Å². The second-order valence-corrected chi connectivity index (χ2v) is 2.44. The fourth-order valence-corrected chi connectivity index (χ4v) is 0.824. The van der Waals surface area contributed by atoms with Gasteiger partial charge in [-0.2, -0.15) is 0 Å². The number of rotatable bonds is 4. The van der Waals surface area contributed by atoms with Crippen molar-refractivity contribution in [2.45, 2.75) is 6.61 Å². The van der Waals surface area contributed by atoms with E-state index in [0.717, 1.165) is 5.69 Å². The first-order chi connectivity index (χ1) is 5.43. The van der Waals surface area contributed by atoms with Crippen molar-refractivity contribution in [3.63, 3.8) is 0 Å². The topological polar surface area (TPSA) is 22.1 Å². The van der Waals surface area contributed by atoms with Gasteiger partial charge in [-0.3, -0.25) is 4.98 Å². The average Bonchev–Trinajstić information content (AvgIpc) is 2.07. The standard InChI is InChI=1S/C8H10ClNO.ClH/c9-4-6-11-7-8-3-1-2-5-10-8;/h1-3,5H,4,6-7H2;1H. The molecular formula is C8H11Cl2NO. The Kier molecular flexibility index (Phi) is 7.16. The normalized spacial score (nSPS) is 9.08. The summed E-state index contributed by atoms with van der Waals surface area (Å²) in [6.07, 6.45) is 1.75. The van der Waals surface area contributed by atoms with Gasteiger partial charge in [-0.25, -0.2) is 0 Å². The van der Waals surface area contributed by atoms with Crippen molar-refractivity contribution < 1.29 is 4.74 Å². The number of alkyl halides is 1. The highest BCUT2D eigenvalue weighted by Crippen LogP contribution is 1.95. The predicted molar refractivity (Wildman–Crippen MR) is 51.9 cm³/mol. The molecule has 0 atom stereocenters. The lowest BCUT2D eigenvalue weighted by Gasteiger charge is -1.99. The van der Waals surface area contributed by atoms with Crippen LogP contribution >= 0.6 is 24.0 Å². The third kappa shape index (κ3) is 4.54. The molecule has 0 aliphatic heterocycles. The van der Waals surface area contributed by atoms with Crippen molar-refractivity contribution >= 4 is 24.0 Å². The SMILES string of the molecule is Cl.ClCCOCc1ccccn1. The fraction of sp³-hybridized carbons (Fsp3) is 0.375. The smallest absolute Gasteiger partial charge is 0.0888 e. The number of hydrogen-bond donors (Lipinski definition) is 0. The lowest BCUT2D eigenvalue weighted by Crippen LogP contribution is -1.97. The van der Waals surface area contributed by atoms with E-state index in [0.29, 0.717) is 19.1 Å². The zero-order chi connectivity index (χ0) is 7.94. The lowest BCUT2D eigenvalue weighted by molar-refractivity contribution is 0.133. The van der Waals surface area contributed by atoms with Gasteiger partial charge in [0.25, 0.3) is 0 Å². The van der Waals surface area contributed by atoms with Gasteiger partial charge < -0.3 is 4.74 Å². The van der Waals surface area contributed by atoms with Gasteiger partial charge in [0.15, 0.2) is 0 Å². The fourth-order valence-electron chi connectivity index (χ4n) is 0.715. The van der Waals surface area contributed by atoms with Crippen LogP contribution in [0.4, 0.5) is 0 Å². The van der Waals surface area contributed by atoms with Crippen LogP contribution in [0.5, 0.6) is 0 Å². The van der Waals surface area contributed by atoms with E-state index in [2.05, 4.69) is 4.98 Å². The minimum Gasteiger partial charge on any atom is -0.374 e. The molecule has 12 heavy (non-hydrogen) atoms. The Hall–Kier alpha value is -0.310. The van der Waals surface area contributed by atoms with Crippen LogP contribution in [-0.2, 0) is 11.3 Å². The summed E-state index contributed by atoms with van der Waals surface area (Å²) in [7, 11) is 0. The van der Waals surface area contributed by atoms with E-state index in [1.54, 1.807) is 6.20 Å². The first-order valence-electron chi connectivity index (χ1n) is 3.47. The Balaban J connectivity index is 0.00000121. The zero-order valence-corrected chi connectivity index (χ0v) is 8.14. The molecule has 0 N–H and O–H groups in total. The highest BCUT2D eigenvalue weighted by atomic mass is 35.5. The highest BCUT2D eigenvalue weighted by molar-refractivity contribution is 6.17. The molecule has 0 radical (unpaired) electrons. The molecule has 4 heteroatoms. The summed E-state index contributed by atoms with van der Waals surface area (Å²) in [5.74, 6) is 0.535. The molecule has 1 heterocycles. The molecule has 0 aliphatic carbocycles. The Morgan fingerprint density at radius 2 is 2.25 bits per heavy atom. The molecule has 0 bridgehead atoms. The summed E-state index contributed by atoms with van der Waals surface area (Å²) in [5, 5.41) is 0. The molecule has 1 aromatic heterocycles. The monoisotopic (exact) mass is 207 g/mol. The van der Waals surface area contributed by atoms with Gasteiger partial charge in [0.2, 0.25) is 0 Å². The Morgan fingerprint density at radius 3 is 2.83 bits per heavy atom. The van der Waals surface area contributed by atoms with Crippen LogP contribution in [0, 0.1) is 0 Å².